The lowest BCUT2D eigenvalue weighted by Crippen LogP contribution is -2.16. The summed E-state index contributed by atoms with van der Waals surface area (Å²) in [5, 5.41) is 7.57. The van der Waals surface area contributed by atoms with Crippen LogP contribution in [0.3, 0.4) is 0 Å². The molecular formula is C64H60N2. The zero-order valence-corrected chi connectivity index (χ0v) is 40.5. The molecule has 0 radical (unpaired) electrons. The van der Waals surface area contributed by atoms with E-state index in [1.807, 2.05) is 0 Å². The van der Waals surface area contributed by atoms with Gasteiger partial charge in [0.2, 0.25) is 0 Å². The molecule has 2 nitrogen and oxygen atoms in total. The smallest absolute Gasteiger partial charge is 0.0561 e. The zero-order valence-electron chi connectivity index (χ0n) is 40.5. The van der Waals surface area contributed by atoms with Gasteiger partial charge in [0.25, 0.3) is 0 Å². The van der Waals surface area contributed by atoms with Gasteiger partial charge in [-0.15, -0.1) is 0 Å². The summed E-state index contributed by atoms with van der Waals surface area (Å²) in [6, 6.07) is 62.4. The van der Waals surface area contributed by atoms with Gasteiger partial charge in [-0.3, -0.25) is 0 Å². The van der Waals surface area contributed by atoms with Crippen molar-refractivity contribution < 1.29 is 0 Å². The second-order valence-electron chi connectivity index (χ2n) is 20.1. The number of hydrogen-bond donors (Lipinski definition) is 0. The average molecular weight is 857 g/mol. The molecule has 0 unspecified atom stereocenters. The lowest BCUT2D eigenvalue weighted by molar-refractivity contribution is 0.591. The second kappa shape index (κ2) is 16.4. The highest BCUT2D eigenvalue weighted by atomic mass is 15.2. The molecule has 0 saturated carbocycles. The van der Waals surface area contributed by atoms with Crippen LogP contribution in [0.15, 0.2) is 164 Å². The number of rotatable bonds is 8. The third-order valence-corrected chi connectivity index (χ3v) is 13.8. The molecule has 0 bridgehead atoms. The molecule has 10 rings (SSSR count). The van der Waals surface area contributed by atoms with Crippen molar-refractivity contribution in [3.8, 4) is 22.3 Å². The molecular weight excluding hydrogens is 797 g/mol. The van der Waals surface area contributed by atoms with Gasteiger partial charge in [0.15, 0.2) is 0 Å². The van der Waals surface area contributed by atoms with Gasteiger partial charge in [-0.2, -0.15) is 0 Å². The summed E-state index contributed by atoms with van der Waals surface area (Å²) in [4.78, 5) is 5.12. The van der Waals surface area contributed by atoms with E-state index in [1.165, 1.54) is 105 Å². The highest BCUT2D eigenvalue weighted by molar-refractivity contribution is 6.29. The van der Waals surface area contributed by atoms with E-state index >= 15 is 0 Å². The van der Waals surface area contributed by atoms with Crippen LogP contribution in [0.2, 0.25) is 0 Å². The Bertz CT molecular complexity index is 3250. The molecule has 0 heterocycles. The second-order valence-corrected chi connectivity index (χ2v) is 20.1. The summed E-state index contributed by atoms with van der Waals surface area (Å²) in [6.45, 7) is 24.8. The summed E-state index contributed by atoms with van der Waals surface area (Å²) in [5.74, 6) is 0. The first-order valence-corrected chi connectivity index (χ1v) is 23.5. The lowest BCUT2D eigenvalue weighted by atomic mass is 9.83. The van der Waals surface area contributed by atoms with Crippen molar-refractivity contribution in [3.63, 3.8) is 0 Å². The molecule has 0 saturated heterocycles. The first-order chi connectivity index (χ1) is 31.6. The van der Waals surface area contributed by atoms with Gasteiger partial charge in [-0.1, -0.05) is 142 Å². The molecule has 0 atom stereocenters. The minimum absolute atomic E-state index is 0.000266. The zero-order chi connectivity index (χ0) is 46.2. The first kappa shape index (κ1) is 42.8. The number of anilines is 6. The molecule has 0 N–H and O–H groups in total. The molecule has 0 aliphatic rings. The van der Waals surface area contributed by atoms with E-state index in [0.29, 0.717) is 0 Å². The maximum Gasteiger partial charge on any atom is 0.0561 e. The molecule has 0 fully saturated rings. The van der Waals surface area contributed by atoms with Crippen LogP contribution in [-0.2, 0) is 5.41 Å². The van der Waals surface area contributed by atoms with E-state index < -0.39 is 0 Å². The average Bonchev–Trinajstić information content (AvgIpc) is 3.27. The standard InChI is InChI=1S/C64H60N2/c1-39-28-40(2)31-52(30-39)65(58-36-47(22-20-45(58)7)54-18-14-12-16-43(54)5)60-38-61(57-27-25-50-35-51(64(9,10)11)34-49-24-26-56(60)63(57)62(49)50)66(53-32-41(3)29-42(4)33-53)59-37-48(23-21-46(59)8)55-19-15-13-17-44(55)6/h12-38H,1-11H3. The Hall–Kier alpha value is -7.16. The Morgan fingerprint density at radius 3 is 1.14 bits per heavy atom. The van der Waals surface area contributed by atoms with E-state index in [0.717, 1.165) is 34.1 Å². The Morgan fingerprint density at radius 2 is 0.742 bits per heavy atom. The first-order valence-electron chi connectivity index (χ1n) is 23.5. The molecule has 10 aromatic carbocycles. The van der Waals surface area contributed by atoms with Crippen molar-refractivity contribution >= 4 is 66.4 Å². The predicted octanol–water partition coefficient (Wildman–Crippen LogP) is 18.6. The van der Waals surface area contributed by atoms with Gasteiger partial charge in [-0.05, 0) is 192 Å². The van der Waals surface area contributed by atoms with Crippen LogP contribution in [0.5, 0.6) is 0 Å². The largest absolute Gasteiger partial charge is 0.309 e. The fraction of sp³-hybridized carbons (Fsp3) is 0.188. The van der Waals surface area contributed by atoms with Crippen LogP contribution < -0.4 is 9.80 Å². The third kappa shape index (κ3) is 7.59. The van der Waals surface area contributed by atoms with Gasteiger partial charge in [-0.25, -0.2) is 0 Å². The summed E-state index contributed by atoms with van der Waals surface area (Å²) in [6.07, 6.45) is 0. The minimum Gasteiger partial charge on any atom is -0.309 e. The van der Waals surface area contributed by atoms with E-state index in [1.54, 1.807) is 0 Å². The van der Waals surface area contributed by atoms with Crippen LogP contribution in [0.1, 0.15) is 70.8 Å². The highest BCUT2D eigenvalue weighted by Gasteiger charge is 2.28. The molecule has 66 heavy (non-hydrogen) atoms. The molecule has 326 valence electrons. The van der Waals surface area contributed by atoms with Gasteiger partial charge in [0, 0.05) is 38.9 Å². The predicted molar refractivity (Wildman–Crippen MR) is 287 cm³/mol. The van der Waals surface area contributed by atoms with Crippen molar-refractivity contribution in [2.24, 2.45) is 0 Å². The lowest BCUT2D eigenvalue weighted by Gasteiger charge is -2.34. The summed E-state index contributed by atoms with van der Waals surface area (Å²) in [7, 11) is 0. The summed E-state index contributed by atoms with van der Waals surface area (Å²) in [5.41, 5.74) is 23.0. The SMILES string of the molecule is Cc1cc(C)cc(N(c2cc(-c3ccccc3C)ccc2C)c2cc(N(c3cc(C)cc(C)c3)c3cc(-c4ccccc4C)ccc3C)c3ccc4cc(C(C)(C)C)cc5ccc2c3c54)c1. The van der Waals surface area contributed by atoms with Crippen LogP contribution in [0.25, 0.3) is 54.6 Å². The maximum atomic E-state index is 2.56. The van der Waals surface area contributed by atoms with Gasteiger partial charge < -0.3 is 9.80 Å². The van der Waals surface area contributed by atoms with Crippen molar-refractivity contribution in [3.05, 3.63) is 214 Å². The fourth-order valence-electron chi connectivity index (χ4n) is 10.5. The Kier molecular flexibility index (Phi) is 10.6. The molecule has 10 aromatic rings. The van der Waals surface area contributed by atoms with E-state index in [9.17, 15) is 0 Å². The van der Waals surface area contributed by atoms with Crippen molar-refractivity contribution in [1.82, 2.24) is 0 Å². The number of hydrogen-bond acceptors (Lipinski definition) is 2. The quantitative estimate of drug-likeness (QED) is 0.141. The summed E-state index contributed by atoms with van der Waals surface area (Å²) < 4.78 is 0. The van der Waals surface area contributed by atoms with E-state index in [2.05, 4.69) is 250 Å². The molecule has 0 amide bonds. The van der Waals surface area contributed by atoms with Crippen molar-refractivity contribution in [2.45, 2.75) is 81.6 Å². The number of benzene rings is 10. The maximum absolute atomic E-state index is 2.56. The van der Waals surface area contributed by atoms with Crippen molar-refractivity contribution in [1.29, 1.82) is 0 Å². The minimum atomic E-state index is -0.000266. The Labute approximate surface area is 392 Å². The van der Waals surface area contributed by atoms with Gasteiger partial charge >= 0.3 is 0 Å². The Morgan fingerprint density at radius 1 is 0.333 bits per heavy atom. The topological polar surface area (TPSA) is 6.48 Å². The van der Waals surface area contributed by atoms with Crippen LogP contribution in [0, 0.1) is 55.4 Å². The van der Waals surface area contributed by atoms with Gasteiger partial charge in [0.05, 0.1) is 11.4 Å². The number of nitrogens with zero attached hydrogens (tertiary/aromatic N) is 2. The molecule has 0 aromatic heterocycles. The molecule has 0 spiro atoms. The highest BCUT2D eigenvalue weighted by Crippen LogP contribution is 2.52. The van der Waals surface area contributed by atoms with Crippen LogP contribution in [-0.4, -0.2) is 0 Å². The number of aryl methyl sites for hydroxylation is 8. The molecule has 0 aliphatic heterocycles. The fourth-order valence-corrected chi connectivity index (χ4v) is 10.5. The van der Waals surface area contributed by atoms with Crippen molar-refractivity contribution in [2.75, 3.05) is 9.80 Å². The van der Waals surface area contributed by atoms with E-state index in [-0.39, 0.29) is 5.41 Å². The van der Waals surface area contributed by atoms with Crippen LogP contribution in [0.4, 0.5) is 34.1 Å². The summed E-state index contributed by atoms with van der Waals surface area (Å²) >= 11 is 0. The van der Waals surface area contributed by atoms with Gasteiger partial charge in [0.1, 0.15) is 0 Å². The monoisotopic (exact) mass is 856 g/mol. The van der Waals surface area contributed by atoms with Crippen LogP contribution >= 0.6 is 0 Å². The van der Waals surface area contributed by atoms with E-state index in [4.69, 9.17) is 0 Å². The third-order valence-electron chi connectivity index (χ3n) is 13.8. The normalized spacial score (nSPS) is 11.9. The molecule has 2 heteroatoms. The molecule has 0 aliphatic carbocycles. The Balaban J connectivity index is 1.38.